The van der Waals surface area contributed by atoms with Crippen LogP contribution in [0.25, 0.3) is 20.1 Å². The molecule has 0 aliphatic rings. The first-order valence-corrected chi connectivity index (χ1v) is 13.4. The van der Waals surface area contributed by atoms with E-state index in [1.165, 1.54) is 47.7 Å². The van der Waals surface area contributed by atoms with Gasteiger partial charge in [0.05, 0.1) is 30.4 Å². The lowest BCUT2D eigenvalue weighted by molar-refractivity contribution is -0.146. The van der Waals surface area contributed by atoms with Gasteiger partial charge in [-0.05, 0) is 57.9 Å². The van der Waals surface area contributed by atoms with Gasteiger partial charge >= 0.3 is 11.7 Å². The van der Waals surface area contributed by atoms with Gasteiger partial charge in [-0.1, -0.05) is 17.4 Å². The molecule has 3 heterocycles. The fourth-order valence-corrected chi connectivity index (χ4v) is 5.79. The number of carbonyl (C=O) groups is 1. The standard InChI is InChI=1S/C27H29FN6O5S/c1-15(2)39-20(19-13-18(28)8-7-17(19)9-10-29-6)14-32-24-21(16(3)23(40-24)34-30-11-12-31-34)22(35)33(26(32)38)27(4,5)25(36)37/h7-8,11-13,15,20H,9-10,14H2,1-5H3,(H,36,37). The summed E-state index contributed by atoms with van der Waals surface area (Å²) in [6, 6.07) is 4.22. The Balaban J connectivity index is 2.04. The Kier molecular flexibility index (Phi) is 8.04. The van der Waals surface area contributed by atoms with Crippen molar-refractivity contribution >= 4 is 27.5 Å². The van der Waals surface area contributed by atoms with Gasteiger partial charge in [0.15, 0.2) is 0 Å². The SMILES string of the molecule is [C-]#[N+]CCc1ccc(F)cc1C(Cn1c(=O)n(C(C)(C)C(=O)O)c(=O)c2c(C)c(-n3nccn3)sc21)OC(C)C. The minimum atomic E-state index is -1.88. The van der Waals surface area contributed by atoms with Gasteiger partial charge in [-0.15, -0.1) is 4.80 Å². The molecule has 1 unspecified atom stereocenters. The Morgan fingerprint density at radius 1 is 1.25 bits per heavy atom. The molecule has 1 atom stereocenters. The number of halogens is 1. The number of nitrogens with zero attached hydrogens (tertiary/aromatic N) is 6. The summed E-state index contributed by atoms with van der Waals surface area (Å²) in [5.41, 5.74) is -1.83. The van der Waals surface area contributed by atoms with Gasteiger partial charge in [-0.2, -0.15) is 10.2 Å². The maximum atomic E-state index is 14.5. The van der Waals surface area contributed by atoms with E-state index in [0.717, 1.165) is 15.9 Å². The Labute approximate surface area is 232 Å². The number of hydrogen-bond donors (Lipinski definition) is 1. The lowest BCUT2D eigenvalue weighted by Crippen LogP contribution is -2.52. The van der Waals surface area contributed by atoms with Crippen molar-refractivity contribution in [3.8, 4) is 5.00 Å². The number of carboxylic acids is 1. The molecule has 0 saturated heterocycles. The lowest BCUT2D eigenvalue weighted by atomic mass is 9.99. The van der Waals surface area contributed by atoms with E-state index in [-0.39, 0.29) is 29.4 Å². The van der Waals surface area contributed by atoms with Crippen LogP contribution in [0.5, 0.6) is 0 Å². The summed E-state index contributed by atoms with van der Waals surface area (Å²) in [5.74, 6) is -1.87. The van der Waals surface area contributed by atoms with Gasteiger partial charge in [-0.25, -0.2) is 25.1 Å². The molecule has 0 bridgehead atoms. The van der Waals surface area contributed by atoms with Gasteiger partial charge in [0.1, 0.15) is 27.3 Å². The van der Waals surface area contributed by atoms with Crippen LogP contribution in [-0.4, -0.2) is 47.9 Å². The largest absolute Gasteiger partial charge is 0.480 e. The molecule has 3 aromatic heterocycles. The molecule has 1 aromatic carbocycles. The molecule has 0 radical (unpaired) electrons. The molecule has 210 valence electrons. The highest BCUT2D eigenvalue weighted by molar-refractivity contribution is 7.21. The van der Waals surface area contributed by atoms with Crippen molar-refractivity contribution in [2.75, 3.05) is 6.54 Å². The smallest absolute Gasteiger partial charge is 0.333 e. The molecule has 4 aromatic rings. The monoisotopic (exact) mass is 568 g/mol. The summed E-state index contributed by atoms with van der Waals surface area (Å²) in [6.45, 7) is 15.1. The summed E-state index contributed by atoms with van der Waals surface area (Å²) in [7, 11) is 0. The third-order valence-electron chi connectivity index (χ3n) is 6.60. The molecule has 0 aliphatic carbocycles. The zero-order valence-corrected chi connectivity index (χ0v) is 23.5. The van der Waals surface area contributed by atoms with E-state index in [2.05, 4.69) is 15.0 Å². The van der Waals surface area contributed by atoms with E-state index >= 15 is 0 Å². The van der Waals surface area contributed by atoms with Crippen LogP contribution < -0.4 is 11.2 Å². The highest BCUT2D eigenvalue weighted by atomic mass is 32.1. The number of aromatic nitrogens is 5. The molecular weight excluding hydrogens is 539 g/mol. The second-order valence-electron chi connectivity index (χ2n) is 10.1. The van der Waals surface area contributed by atoms with Crippen molar-refractivity contribution in [3.63, 3.8) is 0 Å². The average molecular weight is 569 g/mol. The second-order valence-corrected chi connectivity index (χ2v) is 11.1. The molecular formula is C27H29FN6O5S. The van der Waals surface area contributed by atoms with E-state index in [4.69, 9.17) is 11.3 Å². The summed E-state index contributed by atoms with van der Waals surface area (Å²) >= 11 is 1.11. The van der Waals surface area contributed by atoms with Crippen LogP contribution in [0.3, 0.4) is 0 Å². The van der Waals surface area contributed by atoms with E-state index < -0.39 is 34.7 Å². The average Bonchev–Trinajstić information content (AvgIpc) is 3.52. The number of rotatable bonds is 10. The van der Waals surface area contributed by atoms with Crippen LogP contribution in [-0.2, 0) is 28.0 Å². The summed E-state index contributed by atoms with van der Waals surface area (Å²) in [4.78, 5) is 45.0. The highest BCUT2D eigenvalue weighted by Gasteiger charge is 2.36. The van der Waals surface area contributed by atoms with E-state index in [1.54, 1.807) is 26.8 Å². The number of ether oxygens (including phenoxy) is 1. The molecule has 0 spiro atoms. The maximum absolute atomic E-state index is 14.5. The van der Waals surface area contributed by atoms with E-state index in [1.807, 2.05) is 0 Å². The zero-order valence-electron chi connectivity index (χ0n) is 22.7. The number of aliphatic carboxylic acids is 1. The molecule has 0 fully saturated rings. The topological polar surface area (TPSA) is 126 Å². The molecule has 4 rings (SSSR count). The molecule has 13 heteroatoms. The third-order valence-corrected chi connectivity index (χ3v) is 7.88. The fraction of sp³-hybridized carbons (Fsp3) is 0.407. The van der Waals surface area contributed by atoms with Gasteiger partial charge in [0.2, 0.25) is 6.54 Å². The third kappa shape index (κ3) is 5.20. The number of carboxylic acid groups (broad SMARTS) is 1. The predicted octanol–water partition coefficient (Wildman–Crippen LogP) is 3.70. The van der Waals surface area contributed by atoms with E-state index in [9.17, 15) is 23.9 Å². The second kappa shape index (κ2) is 11.1. The molecule has 1 N–H and O–H groups in total. The van der Waals surface area contributed by atoms with Crippen LogP contribution in [0.2, 0.25) is 0 Å². The summed E-state index contributed by atoms with van der Waals surface area (Å²) in [5, 5.41) is 18.9. The first kappa shape index (κ1) is 28.8. The van der Waals surface area contributed by atoms with Crippen LogP contribution in [0.4, 0.5) is 4.39 Å². The summed E-state index contributed by atoms with van der Waals surface area (Å²) in [6.07, 6.45) is 2.11. The molecule has 0 saturated carbocycles. The molecule has 11 nitrogen and oxygen atoms in total. The number of fused-ring (bicyclic) bond motifs is 1. The fourth-order valence-electron chi connectivity index (χ4n) is 4.57. The van der Waals surface area contributed by atoms with Crippen molar-refractivity contribution < 1.29 is 19.0 Å². The van der Waals surface area contributed by atoms with Crippen molar-refractivity contribution in [3.05, 3.63) is 85.4 Å². The number of aryl methyl sites for hydroxylation is 1. The van der Waals surface area contributed by atoms with Gasteiger partial charge in [0, 0.05) is 12.0 Å². The lowest BCUT2D eigenvalue weighted by Gasteiger charge is -2.27. The summed E-state index contributed by atoms with van der Waals surface area (Å²) < 4.78 is 22.7. The minimum Gasteiger partial charge on any atom is -0.480 e. The Morgan fingerprint density at radius 2 is 1.93 bits per heavy atom. The van der Waals surface area contributed by atoms with Crippen LogP contribution in [0.1, 0.15) is 50.5 Å². The van der Waals surface area contributed by atoms with E-state index in [0.29, 0.717) is 28.1 Å². The molecule has 0 aliphatic heterocycles. The first-order chi connectivity index (χ1) is 18.9. The molecule has 40 heavy (non-hydrogen) atoms. The Hall–Kier alpha value is -4.15. The van der Waals surface area contributed by atoms with Gasteiger partial charge in [0.25, 0.3) is 5.56 Å². The van der Waals surface area contributed by atoms with Crippen molar-refractivity contribution in [1.29, 1.82) is 0 Å². The molecule has 0 amide bonds. The van der Waals surface area contributed by atoms with Gasteiger partial charge in [-0.3, -0.25) is 9.36 Å². The predicted molar refractivity (Wildman–Crippen MR) is 147 cm³/mol. The van der Waals surface area contributed by atoms with Crippen LogP contribution in [0, 0.1) is 19.3 Å². The van der Waals surface area contributed by atoms with Crippen molar-refractivity contribution in [2.24, 2.45) is 0 Å². The van der Waals surface area contributed by atoms with Crippen LogP contribution in [0.15, 0.2) is 40.2 Å². The number of benzene rings is 1. The number of hydrogen-bond acceptors (Lipinski definition) is 7. The van der Waals surface area contributed by atoms with Gasteiger partial charge < -0.3 is 14.7 Å². The normalized spacial score (nSPS) is 12.7. The van der Waals surface area contributed by atoms with Crippen molar-refractivity contribution in [1.82, 2.24) is 24.1 Å². The quantitative estimate of drug-likeness (QED) is 0.289. The highest BCUT2D eigenvalue weighted by Crippen LogP contribution is 2.33. The number of thiophene rings is 1. The maximum Gasteiger partial charge on any atom is 0.333 e. The van der Waals surface area contributed by atoms with Crippen LogP contribution >= 0.6 is 11.3 Å². The zero-order chi connectivity index (χ0) is 29.4. The first-order valence-electron chi connectivity index (χ1n) is 12.5. The Morgan fingerprint density at radius 3 is 2.52 bits per heavy atom. The Bertz CT molecular complexity index is 1730. The minimum absolute atomic E-state index is 0.149. The van der Waals surface area contributed by atoms with Crippen molar-refractivity contribution in [2.45, 2.75) is 65.3 Å².